The van der Waals surface area contributed by atoms with Gasteiger partial charge in [0, 0.05) is 18.5 Å². The van der Waals surface area contributed by atoms with E-state index in [2.05, 4.69) is 41.5 Å². The zero-order valence-corrected chi connectivity index (χ0v) is 38.8. The molecule has 0 aliphatic heterocycles. The van der Waals surface area contributed by atoms with E-state index >= 15 is 0 Å². The van der Waals surface area contributed by atoms with Gasteiger partial charge in [0.1, 0.15) is 0 Å². The van der Waals surface area contributed by atoms with E-state index in [1.54, 1.807) is 18.5 Å². The molecule has 0 saturated carbocycles. The lowest BCUT2D eigenvalue weighted by molar-refractivity contribution is 0.555. The van der Waals surface area contributed by atoms with Crippen LogP contribution in [-0.2, 0) is 4.57 Å². The summed E-state index contributed by atoms with van der Waals surface area (Å²) in [5.74, 6) is 0. The lowest BCUT2D eigenvalue weighted by atomic mass is 10.1. The van der Waals surface area contributed by atoms with Crippen LogP contribution in [0.3, 0.4) is 0 Å². The van der Waals surface area contributed by atoms with E-state index in [1.165, 1.54) is 231 Å². The topological polar surface area (TPSA) is 17.1 Å². The molecular formula is C48H102OP2. The summed E-state index contributed by atoms with van der Waals surface area (Å²) in [7, 11) is -1.52. The Kier molecular flexibility index (Phi) is 49.3. The van der Waals surface area contributed by atoms with Crippen LogP contribution >= 0.6 is 15.1 Å². The molecule has 2 unspecified atom stereocenters. The monoisotopic (exact) mass is 757 g/mol. The molecule has 0 radical (unpaired) electrons. The largest absolute Gasteiger partial charge is 0.324 e. The molecule has 0 bridgehead atoms. The summed E-state index contributed by atoms with van der Waals surface area (Å²) in [6, 6.07) is 0. The van der Waals surface area contributed by atoms with Gasteiger partial charge in [-0.2, -0.15) is 0 Å². The lowest BCUT2D eigenvalue weighted by Crippen LogP contribution is -2.02. The normalized spacial score (nSPS) is 13.2. The average Bonchev–Trinajstić information content (AvgIpc) is 3.13. The van der Waals surface area contributed by atoms with E-state index in [4.69, 9.17) is 0 Å². The van der Waals surface area contributed by atoms with Gasteiger partial charge in [-0.3, -0.25) is 0 Å². The summed E-state index contributed by atoms with van der Waals surface area (Å²) in [4.78, 5) is 0. The Morgan fingerprint density at radius 2 is 0.431 bits per heavy atom. The van der Waals surface area contributed by atoms with Crippen molar-refractivity contribution >= 4 is 15.1 Å². The SMILES string of the molecule is CCCCCCCCCP(=O)(CCCCCCC)CCCCCCCC.CCCCCCCCCP(CCCCCCC)CCCCCCCC. The Morgan fingerprint density at radius 3 is 0.647 bits per heavy atom. The zero-order chi connectivity index (χ0) is 37.8. The van der Waals surface area contributed by atoms with Crippen LogP contribution in [0.25, 0.3) is 0 Å². The van der Waals surface area contributed by atoms with Crippen LogP contribution in [0.15, 0.2) is 0 Å². The van der Waals surface area contributed by atoms with Gasteiger partial charge in [-0.15, -0.1) is 7.92 Å². The van der Waals surface area contributed by atoms with E-state index in [-0.39, 0.29) is 0 Å². The molecule has 0 heterocycles. The molecule has 0 aromatic heterocycles. The van der Waals surface area contributed by atoms with E-state index in [0.29, 0.717) is 7.92 Å². The second-order valence-electron chi connectivity index (χ2n) is 16.7. The molecular weight excluding hydrogens is 654 g/mol. The van der Waals surface area contributed by atoms with Crippen LogP contribution in [0.1, 0.15) is 273 Å². The van der Waals surface area contributed by atoms with Gasteiger partial charge >= 0.3 is 0 Å². The molecule has 0 aromatic rings. The van der Waals surface area contributed by atoms with E-state index < -0.39 is 7.14 Å². The highest BCUT2D eigenvalue weighted by Crippen LogP contribution is 2.48. The summed E-state index contributed by atoms with van der Waals surface area (Å²) < 4.78 is 13.5. The minimum Gasteiger partial charge on any atom is -0.324 e. The van der Waals surface area contributed by atoms with E-state index in [0.717, 1.165) is 18.5 Å². The van der Waals surface area contributed by atoms with Gasteiger partial charge in [0.05, 0.1) is 7.14 Å². The summed E-state index contributed by atoms with van der Waals surface area (Å²) in [5.41, 5.74) is 0. The number of rotatable bonds is 42. The van der Waals surface area contributed by atoms with Crippen molar-refractivity contribution in [3.05, 3.63) is 0 Å². The van der Waals surface area contributed by atoms with Crippen molar-refractivity contribution in [3.63, 3.8) is 0 Å². The van der Waals surface area contributed by atoms with Gasteiger partial charge in [-0.1, -0.05) is 234 Å². The fourth-order valence-corrected chi connectivity index (χ4v) is 13.3. The van der Waals surface area contributed by atoms with Crippen molar-refractivity contribution in [2.75, 3.05) is 37.0 Å². The van der Waals surface area contributed by atoms with Crippen LogP contribution < -0.4 is 0 Å². The molecule has 2 atom stereocenters. The highest BCUT2D eigenvalue weighted by molar-refractivity contribution is 7.63. The number of hydrogen-bond donors (Lipinski definition) is 0. The third-order valence-corrected chi connectivity index (χ3v) is 17.5. The third-order valence-electron chi connectivity index (χ3n) is 11.2. The zero-order valence-electron chi connectivity index (χ0n) is 37.0. The number of unbranched alkanes of at least 4 members (excludes halogenated alkanes) is 30. The first-order valence-corrected chi connectivity index (χ1v) is 28.5. The molecule has 0 aliphatic carbocycles. The van der Waals surface area contributed by atoms with Crippen molar-refractivity contribution in [2.24, 2.45) is 0 Å². The van der Waals surface area contributed by atoms with Crippen molar-refractivity contribution in [1.29, 1.82) is 0 Å². The maximum atomic E-state index is 13.5. The van der Waals surface area contributed by atoms with Gasteiger partial charge in [0.2, 0.25) is 0 Å². The maximum Gasteiger partial charge on any atom is 0.0877 e. The fraction of sp³-hybridized carbons (Fsp3) is 1.00. The number of hydrogen-bond acceptors (Lipinski definition) is 1. The Balaban J connectivity index is 0. The smallest absolute Gasteiger partial charge is 0.0877 e. The summed E-state index contributed by atoms with van der Waals surface area (Å²) in [6.07, 6.45) is 58.2. The summed E-state index contributed by atoms with van der Waals surface area (Å²) in [5, 5.41) is 0. The molecule has 0 aromatic carbocycles. The first-order valence-electron chi connectivity index (χ1n) is 24.3. The van der Waals surface area contributed by atoms with Gasteiger partial charge in [0.15, 0.2) is 0 Å². The molecule has 0 aliphatic rings. The highest BCUT2D eigenvalue weighted by Gasteiger charge is 2.20. The lowest BCUT2D eigenvalue weighted by Gasteiger charge is -2.18. The molecule has 0 spiro atoms. The van der Waals surface area contributed by atoms with Gasteiger partial charge in [-0.05, 0) is 57.0 Å². The minimum atomic E-state index is -1.88. The molecule has 0 fully saturated rings. The predicted molar refractivity (Wildman–Crippen MR) is 244 cm³/mol. The Morgan fingerprint density at radius 1 is 0.255 bits per heavy atom. The summed E-state index contributed by atoms with van der Waals surface area (Å²) in [6.45, 7) is 13.8. The van der Waals surface area contributed by atoms with E-state index in [1.807, 2.05) is 0 Å². The highest BCUT2D eigenvalue weighted by atomic mass is 31.2. The summed E-state index contributed by atoms with van der Waals surface area (Å²) >= 11 is 0. The first-order chi connectivity index (χ1) is 25.0. The average molecular weight is 757 g/mol. The second-order valence-corrected chi connectivity index (χ2v) is 22.8. The molecule has 3 heteroatoms. The quantitative estimate of drug-likeness (QED) is 0.0448. The van der Waals surface area contributed by atoms with Crippen LogP contribution in [-0.4, -0.2) is 37.0 Å². The molecule has 0 N–H and O–H groups in total. The first kappa shape index (κ1) is 53.8. The molecule has 1 nitrogen and oxygen atoms in total. The van der Waals surface area contributed by atoms with Crippen molar-refractivity contribution < 1.29 is 4.57 Å². The molecule has 51 heavy (non-hydrogen) atoms. The fourth-order valence-electron chi connectivity index (χ4n) is 7.56. The molecule has 0 saturated heterocycles. The van der Waals surface area contributed by atoms with Crippen molar-refractivity contribution in [3.8, 4) is 0 Å². The molecule has 310 valence electrons. The van der Waals surface area contributed by atoms with Gasteiger partial charge in [-0.25, -0.2) is 0 Å². The van der Waals surface area contributed by atoms with Crippen molar-refractivity contribution in [2.45, 2.75) is 273 Å². The standard InChI is InChI=1S/C24H51OP.C24H51P/c1-4-7-10-13-15-18-21-24-26(25,22-19-16-12-9-6-3)23-20-17-14-11-8-5-2;1-4-7-10-13-15-18-21-24-25(22-19-16-12-9-6-3)23-20-17-14-11-8-5-2/h4-24H2,1-3H3;4-24H2,1-3H3. The predicted octanol–water partition coefficient (Wildman–Crippen LogP) is 19.0. The Hall–Kier alpha value is 0.660. The van der Waals surface area contributed by atoms with Crippen molar-refractivity contribution in [1.82, 2.24) is 0 Å². The van der Waals surface area contributed by atoms with Gasteiger partial charge in [0.25, 0.3) is 0 Å². The second kappa shape index (κ2) is 46.8. The maximum absolute atomic E-state index is 13.5. The molecule has 0 amide bonds. The van der Waals surface area contributed by atoms with E-state index in [9.17, 15) is 4.57 Å². The van der Waals surface area contributed by atoms with Gasteiger partial charge < -0.3 is 4.57 Å². The Bertz CT molecular complexity index is 649. The van der Waals surface area contributed by atoms with Crippen LogP contribution in [0.4, 0.5) is 0 Å². The minimum absolute atomic E-state index is 0.366. The van der Waals surface area contributed by atoms with Crippen LogP contribution in [0, 0.1) is 0 Å². The Labute approximate surface area is 328 Å². The molecule has 0 rings (SSSR count). The van der Waals surface area contributed by atoms with Crippen LogP contribution in [0.2, 0.25) is 0 Å². The third kappa shape index (κ3) is 44.9. The van der Waals surface area contributed by atoms with Crippen LogP contribution in [0.5, 0.6) is 0 Å².